The van der Waals surface area contributed by atoms with Crippen molar-refractivity contribution < 1.29 is 4.79 Å². The van der Waals surface area contributed by atoms with Gasteiger partial charge in [-0.2, -0.15) is 5.26 Å². The van der Waals surface area contributed by atoms with E-state index in [9.17, 15) is 10.1 Å². The molecule has 0 aromatic heterocycles. The van der Waals surface area contributed by atoms with E-state index < -0.39 is 5.41 Å². The van der Waals surface area contributed by atoms with Crippen molar-refractivity contribution in [1.82, 2.24) is 4.90 Å². The van der Waals surface area contributed by atoms with E-state index in [2.05, 4.69) is 22.0 Å². The monoisotopic (exact) mass is 320 g/mol. The molecular formula is C15H17BrN2O. The summed E-state index contributed by atoms with van der Waals surface area (Å²) in [6.07, 6.45) is 3.36. The molecule has 0 spiro atoms. The smallest absolute Gasteiger partial charge is 0.243 e. The minimum Gasteiger partial charge on any atom is -0.340 e. The molecule has 0 radical (unpaired) electrons. The molecule has 0 bridgehead atoms. The summed E-state index contributed by atoms with van der Waals surface area (Å²) < 4.78 is 1.02. The first-order valence-electron chi connectivity index (χ1n) is 6.49. The van der Waals surface area contributed by atoms with Gasteiger partial charge in [0.25, 0.3) is 0 Å². The van der Waals surface area contributed by atoms with E-state index in [0.29, 0.717) is 19.4 Å². The van der Waals surface area contributed by atoms with Gasteiger partial charge >= 0.3 is 0 Å². The molecule has 0 unspecified atom stereocenters. The maximum absolute atomic E-state index is 12.5. The lowest BCUT2D eigenvalue weighted by Crippen LogP contribution is -2.39. The predicted octanol–water partition coefficient (Wildman–Crippen LogP) is 3.49. The van der Waals surface area contributed by atoms with Crippen molar-refractivity contribution >= 4 is 21.8 Å². The number of hydrogen-bond donors (Lipinski definition) is 0. The Balaban J connectivity index is 2.07. The second-order valence-electron chi connectivity index (χ2n) is 5.19. The summed E-state index contributed by atoms with van der Waals surface area (Å²) in [5, 5.41) is 9.33. The van der Waals surface area contributed by atoms with Gasteiger partial charge in [-0.1, -0.05) is 40.9 Å². The van der Waals surface area contributed by atoms with Gasteiger partial charge in [-0.25, -0.2) is 0 Å². The Bertz CT molecular complexity index is 498. The van der Waals surface area contributed by atoms with Gasteiger partial charge < -0.3 is 4.90 Å². The minimum absolute atomic E-state index is 0.0320. The molecule has 2 rings (SSSR count). The van der Waals surface area contributed by atoms with Crippen LogP contribution in [-0.2, 0) is 11.3 Å². The number of carbonyl (C=O) groups is 1. The van der Waals surface area contributed by atoms with Crippen LogP contribution < -0.4 is 0 Å². The molecule has 4 heteroatoms. The molecule has 0 aliphatic heterocycles. The van der Waals surface area contributed by atoms with Crippen LogP contribution in [0.1, 0.15) is 31.2 Å². The third-order valence-electron chi connectivity index (χ3n) is 3.76. The number of nitriles is 1. The lowest BCUT2D eigenvalue weighted by atomic mass is 9.86. The van der Waals surface area contributed by atoms with Crippen molar-refractivity contribution in [2.24, 2.45) is 5.41 Å². The van der Waals surface area contributed by atoms with Gasteiger partial charge in [0.2, 0.25) is 5.91 Å². The van der Waals surface area contributed by atoms with Gasteiger partial charge in [0, 0.05) is 18.1 Å². The van der Waals surface area contributed by atoms with Gasteiger partial charge in [-0.15, -0.1) is 0 Å². The number of amides is 1. The van der Waals surface area contributed by atoms with Crippen LogP contribution in [0.15, 0.2) is 28.7 Å². The van der Waals surface area contributed by atoms with E-state index in [0.717, 1.165) is 22.9 Å². The molecule has 1 aliphatic rings. The highest BCUT2D eigenvalue weighted by molar-refractivity contribution is 9.10. The Morgan fingerprint density at radius 3 is 2.47 bits per heavy atom. The van der Waals surface area contributed by atoms with Crippen molar-refractivity contribution in [1.29, 1.82) is 5.26 Å². The number of nitrogens with zero attached hydrogens (tertiary/aromatic N) is 2. The number of carbonyl (C=O) groups excluding carboxylic acids is 1. The Morgan fingerprint density at radius 2 is 1.95 bits per heavy atom. The molecule has 0 heterocycles. The molecule has 1 aromatic rings. The third-order valence-corrected chi connectivity index (χ3v) is 4.29. The molecule has 19 heavy (non-hydrogen) atoms. The van der Waals surface area contributed by atoms with E-state index in [-0.39, 0.29) is 5.91 Å². The van der Waals surface area contributed by atoms with Gasteiger partial charge in [0.15, 0.2) is 0 Å². The zero-order valence-electron chi connectivity index (χ0n) is 11.0. The first-order valence-corrected chi connectivity index (χ1v) is 7.28. The van der Waals surface area contributed by atoms with Crippen LogP contribution in [0.25, 0.3) is 0 Å². The third kappa shape index (κ3) is 2.98. The van der Waals surface area contributed by atoms with E-state index in [1.165, 1.54) is 0 Å². The first-order chi connectivity index (χ1) is 9.07. The fraction of sp³-hybridized carbons (Fsp3) is 0.467. The molecular weight excluding hydrogens is 304 g/mol. The van der Waals surface area contributed by atoms with Crippen LogP contribution >= 0.6 is 15.9 Å². The molecule has 0 N–H and O–H groups in total. The van der Waals surface area contributed by atoms with Crippen LogP contribution in [0, 0.1) is 16.7 Å². The number of halogens is 1. The summed E-state index contributed by atoms with van der Waals surface area (Å²) in [7, 11) is 1.78. The first kappa shape index (κ1) is 14.1. The minimum atomic E-state index is -0.774. The van der Waals surface area contributed by atoms with Crippen LogP contribution in [0.3, 0.4) is 0 Å². The second kappa shape index (κ2) is 5.75. The SMILES string of the molecule is CN(Cc1ccc(Br)cc1)C(=O)C1(C#N)CCCC1. The summed E-state index contributed by atoms with van der Waals surface area (Å²) in [5.41, 5.74) is 0.301. The Kier molecular flexibility index (Phi) is 4.26. The molecule has 1 saturated carbocycles. The fourth-order valence-corrected chi connectivity index (χ4v) is 2.92. The molecule has 0 atom stereocenters. The highest BCUT2D eigenvalue weighted by atomic mass is 79.9. The topological polar surface area (TPSA) is 44.1 Å². The van der Waals surface area contributed by atoms with Crippen LogP contribution in [0.4, 0.5) is 0 Å². The van der Waals surface area contributed by atoms with Crippen LogP contribution in [0.5, 0.6) is 0 Å². The average Bonchev–Trinajstić information content (AvgIpc) is 2.90. The maximum atomic E-state index is 12.5. The highest BCUT2D eigenvalue weighted by Crippen LogP contribution is 2.39. The normalized spacial score (nSPS) is 16.9. The Morgan fingerprint density at radius 1 is 1.37 bits per heavy atom. The van der Waals surface area contributed by atoms with Crippen molar-refractivity contribution in [2.75, 3.05) is 7.05 Å². The standard InChI is InChI=1S/C15H17BrN2O/c1-18(10-12-4-6-13(16)7-5-12)14(19)15(11-17)8-2-3-9-15/h4-7H,2-3,8-10H2,1H3. The largest absolute Gasteiger partial charge is 0.340 e. The zero-order valence-corrected chi connectivity index (χ0v) is 12.6. The van der Waals surface area contributed by atoms with E-state index >= 15 is 0 Å². The van der Waals surface area contributed by atoms with Crippen LogP contribution in [0.2, 0.25) is 0 Å². The Labute approximate surface area is 122 Å². The molecule has 3 nitrogen and oxygen atoms in total. The van der Waals surface area contributed by atoms with Gasteiger partial charge in [-0.05, 0) is 30.5 Å². The summed E-state index contributed by atoms with van der Waals surface area (Å²) in [6, 6.07) is 10.2. The summed E-state index contributed by atoms with van der Waals surface area (Å²) in [6.45, 7) is 0.551. The van der Waals surface area contributed by atoms with Crippen LogP contribution in [-0.4, -0.2) is 17.9 Å². The van der Waals surface area contributed by atoms with Gasteiger partial charge in [-0.3, -0.25) is 4.79 Å². The van der Waals surface area contributed by atoms with Gasteiger partial charge in [0.05, 0.1) is 6.07 Å². The number of rotatable bonds is 3. The molecule has 1 aliphatic carbocycles. The molecule has 1 amide bonds. The second-order valence-corrected chi connectivity index (χ2v) is 6.10. The van der Waals surface area contributed by atoms with Crippen molar-refractivity contribution in [3.8, 4) is 6.07 Å². The zero-order chi connectivity index (χ0) is 13.9. The van der Waals surface area contributed by atoms with E-state index in [1.54, 1.807) is 11.9 Å². The number of hydrogen-bond acceptors (Lipinski definition) is 2. The molecule has 1 aromatic carbocycles. The highest BCUT2D eigenvalue weighted by Gasteiger charge is 2.43. The summed E-state index contributed by atoms with van der Waals surface area (Å²) in [4.78, 5) is 14.1. The van der Waals surface area contributed by atoms with Gasteiger partial charge in [0.1, 0.15) is 5.41 Å². The average molecular weight is 321 g/mol. The quantitative estimate of drug-likeness (QED) is 0.855. The van der Waals surface area contributed by atoms with E-state index in [4.69, 9.17) is 0 Å². The predicted molar refractivity (Wildman–Crippen MR) is 77.1 cm³/mol. The lowest BCUT2D eigenvalue weighted by molar-refractivity contribution is -0.138. The van der Waals surface area contributed by atoms with Crippen molar-refractivity contribution in [3.05, 3.63) is 34.3 Å². The Hall–Kier alpha value is -1.34. The summed E-state index contributed by atoms with van der Waals surface area (Å²) in [5.74, 6) is -0.0320. The molecule has 1 fully saturated rings. The molecule has 100 valence electrons. The van der Waals surface area contributed by atoms with E-state index in [1.807, 2.05) is 24.3 Å². The van der Waals surface area contributed by atoms with Crippen molar-refractivity contribution in [3.63, 3.8) is 0 Å². The maximum Gasteiger partial charge on any atom is 0.243 e. The van der Waals surface area contributed by atoms with Crippen molar-refractivity contribution in [2.45, 2.75) is 32.2 Å². The molecule has 0 saturated heterocycles. The summed E-state index contributed by atoms with van der Waals surface area (Å²) >= 11 is 3.39. The number of benzene rings is 1. The lowest BCUT2D eigenvalue weighted by Gasteiger charge is -2.26. The fourth-order valence-electron chi connectivity index (χ4n) is 2.65.